The average Bonchev–Trinajstić information content (AvgIpc) is 2.37. The number of aliphatic hydroxyl groups excluding tert-OH is 1. The molecule has 18 heavy (non-hydrogen) atoms. The Labute approximate surface area is 106 Å². The molecule has 0 spiro atoms. The molecule has 96 valence electrons. The number of pyridine rings is 1. The number of aromatic nitrogens is 1. The van der Waals surface area contributed by atoms with Crippen molar-refractivity contribution in [2.45, 2.75) is 12.2 Å². The Morgan fingerprint density at radius 3 is 2.83 bits per heavy atom. The molecule has 0 bridgehead atoms. The molecule has 0 amide bonds. The quantitative estimate of drug-likeness (QED) is 0.875. The van der Waals surface area contributed by atoms with Crippen LogP contribution in [-0.2, 0) is 10.0 Å². The van der Waals surface area contributed by atoms with E-state index in [0.29, 0.717) is 5.69 Å². The van der Waals surface area contributed by atoms with Gasteiger partial charge in [0.2, 0.25) is 10.0 Å². The van der Waals surface area contributed by atoms with E-state index >= 15 is 0 Å². The maximum Gasteiger partial charge on any atom is 0.237 e. The van der Waals surface area contributed by atoms with Crippen molar-refractivity contribution in [3.63, 3.8) is 0 Å². The smallest absolute Gasteiger partial charge is 0.237 e. The fourth-order valence-corrected chi connectivity index (χ4v) is 2.33. The van der Waals surface area contributed by atoms with E-state index in [0.717, 1.165) is 10.9 Å². The minimum atomic E-state index is -3.57. The van der Waals surface area contributed by atoms with Gasteiger partial charge in [0.1, 0.15) is 5.25 Å². The summed E-state index contributed by atoms with van der Waals surface area (Å²) in [6.45, 7) is 1.02. The van der Waals surface area contributed by atoms with Crippen LogP contribution in [0.4, 0.5) is 5.69 Å². The van der Waals surface area contributed by atoms with Gasteiger partial charge in [-0.15, -0.1) is 0 Å². The van der Waals surface area contributed by atoms with Crippen LogP contribution in [0, 0.1) is 0 Å². The molecule has 1 heterocycles. The highest BCUT2D eigenvalue weighted by Gasteiger charge is 2.19. The summed E-state index contributed by atoms with van der Waals surface area (Å²) in [7, 11) is -3.57. The largest absolute Gasteiger partial charge is 0.395 e. The van der Waals surface area contributed by atoms with E-state index in [-0.39, 0.29) is 0 Å². The van der Waals surface area contributed by atoms with Crippen LogP contribution in [0.3, 0.4) is 0 Å². The molecule has 5 nitrogen and oxygen atoms in total. The lowest BCUT2D eigenvalue weighted by Crippen LogP contribution is -2.28. The second kappa shape index (κ2) is 4.91. The number of rotatable bonds is 4. The zero-order valence-corrected chi connectivity index (χ0v) is 10.7. The first-order valence-electron chi connectivity index (χ1n) is 5.50. The van der Waals surface area contributed by atoms with Crippen molar-refractivity contribution < 1.29 is 13.5 Å². The number of nitrogens with one attached hydrogen (secondary N) is 1. The van der Waals surface area contributed by atoms with E-state index in [1.165, 1.54) is 13.1 Å². The van der Waals surface area contributed by atoms with Gasteiger partial charge in [0, 0.05) is 5.39 Å². The van der Waals surface area contributed by atoms with Gasteiger partial charge >= 0.3 is 0 Å². The third-order valence-corrected chi connectivity index (χ3v) is 4.37. The molecule has 0 aliphatic rings. The van der Waals surface area contributed by atoms with E-state index in [2.05, 4.69) is 9.71 Å². The van der Waals surface area contributed by atoms with E-state index in [1.54, 1.807) is 6.07 Å². The fourth-order valence-electron chi connectivity index (χ4n) is 1.49. The minimum absolute atomic E-state index is 0.397. The number of benzene rings is 1. The van der Waals surface area contributed by atoms with Gasteiger partial charge in [0.15, 0.2) is 0 Å². The second-order valence-corrected chi connectivity index (χ2v) is 6.16. The van der Waals surface area contributed by atoms with E-state index in [4.69, 9.17) is 5.11 Å². The minimum Gasteiger partial charge on any atom is -0.395 e. The van der Waals surface area contributed by atoms with Crippen LogP contribution in [-0.4, -0.2) is 30.4 Å². The molecule has 2 N–H and O–H groups in total. The molecule has 0 aliphatic carbocycles. The highest BCUT2D eigenvalue weighted by molar-refractivity contribution is 7.93. The average molecular weight is 266 g/mol. The number of para-hydroxylation sites is 1. The maximum absolute atomic E-state index is 11.8. The molecule has 1 aromatic heterocycles. The number of fused-ring (bicyclic) bond motifs is 1. The molecule has 1 atom stereocenters. The molecule has 2 rings (SSSR count). The highest BCUT2D eigenvalue weighted by Crippen LogP contribution is 2.17. The molecule has 0 radical (unpaired) electrons. The normalized spacial score (nSPS) is 13.4. The SMILES string of the molecule is CC(CO)S(=O)(=O)Nc1cnc2ccccc2c1. The van der Waals surface area contributed by atoms with Crippen molar-refractivity contribution in [2.75, 3.05) is 11.3 Å². The summed E-state index contributed by atoms with van der Waals surface area (Å²) in [6.07, 6.45) is 1.46. The van der Waals surface area contributed by atoms with Gasteiger partial charge in [-0.3, -0.25) is 9.71 Å². The third-order valence-electron chi connectivity index (χ3n) is 2.64. The van der Waals surface area contributed by atoms with Crippen molar-refractivity contribution in [3.05, 3.63) is 36.5 Å². The molecule has 0 aliphatic heterocycles. The summed E-state index contributed by atoms with van der Waals surface area (Å²) in [5.41, 5.74) is 1.20. The highest BCUT2D eigenvalue weighted by atomic mass is 32.2. The van der Waals surface area contributed by atoms with E-state index in [9.17, 15) is 8.42 Å². The number of hydrogen-bond donors (Lipinski definition) is 2. The van der Waals surface area contributed by atoms with E-state index < -0.39 is 21.9 Å². The molecule has 0 fully saturated rings. The van der Waals surface area contributed by atoms with Crippen molar-refractivity contribution in [1.82, 2.24) is 4.98 Å². The van der Waals surface area contributed by atoms with Crippen LogP contribution in [0.2, 0.25) is 0 Å². The maximum atomic E-state index is 11.8. The zero-order chi connectivity index (χ0) is 13.2. The van der Waals surface area contributed by atoms with Gasteiger partial charge in [-0.2, -0.15) is 0 Å². The topological polar surface area (TPSA) is 79.3 Å². The number of sulfonamides is 1. The van der Waals surface area contributed by atoms with Crippen LogP contribution >= 0.6 is 0 Å². The predicted octanol–water partition coefficient (Wildman–Crippen LogP) is 1.36. The summed E-state index contributed by atoms with van der Waals surface area (Å²) in [4.78, 5) is 4.16. The lowest BCUT2D eigenvalue weighted by atomic mass is 10.2. The number of aliphatic hydroxyl groups is 1. The summed E-state index contributed by atoms with van der Waals surface area (Å²) < 4.78 is 25.9. The molecule has 0 saturated carbocycles. The first-order valence-corrected chi connectivity index (χ1v) is 7.05. The summed E-state index contributed by atoms with van der Waals surface area (Å²) in [6, 6.07) is 9.15. The van der Waals surface area contributed by atoms with Crippen LogP contribution in [0.15, 0.2) is 36.5 Å². The first kappa shape index (κ1) is 12.8. The second-order valence-electron chi connectivity index (χ2n) is 4.06. The Hall–Kier alpha value is -1.66. The zero-order valence-electron chi connectivity index (χ0n) is 9.87. The monoisotopic (exact) mass is 266 g/mol. The predicted molar refractivity (Wildman–Crippen MR) is 70.8 cm³/mol. The van der Waals surface area contributed by atoms with E-state index in [1.807, 2.05) is 24.3 Å². The van der Waals surface area contributed by atoms with Crippen molar-refractivity contribution in [2.24, 2.45) is 0 Å². The Kier molecular flexibility index (Phi) is 3.49. The molecule has 6 heteroatoms. The summed E-state index contributed by atoms with van der Waals surface area (Å²) in [5.74, 6) is 0. The molecule has 1 aromatic carbocycles. The van der Waals surface area contributed by atoms with Crippen LogP contribution in [0.5, 0.6) is 0 Å². The lowest BCUT2D eigenvalue weighted by Gasteiger charge is -2.12. The Balaban J connectivity index is 2.33. The standard InChI is InChI=1S/C12H14N2O3S/c1-9(8-15)18(16,17)14-11-6-10-4-2-3-5-12(10)13-7-11/h2-7,9,14-15H,8H2,1H3. The van der Waals surface area contributed by atoms with Crippen molar-refractivity contribution in [3.8, 4) is 0 Å². The Morgan fingerprint density at radius 2 is 2.11 bits per heavy atom. The van der Waals surface area contributed by atoms with Crippen LogP contribution in [0.1, 0.15) is 6.92 Å². The van der Waals surface area contributed by atoms with Crippen LogP contribution < -0.4 is 4.72 Å². The van der Waals surface area contributed by atoms with Crippen molar-refractivity contribution in [1.29, 1.82) is 0 Å². The number of hydrogen-bond acceptors (Lipinski definition) is 4. The summed E-state index contributed by atoms with van der Waals surface area (Å²) >= 11 is 0. The van der Waals surface area contributed by atoms with Gasteiger partial charge in [-0.25, -0.2) is 8.42 Å². The van der Waals surface area contributed by atoms with Gasteiger partial charge in [0.05, 0.1) is 24.0 Å². The molecule has 1 unspecified atom stereocenters. The molecule has 2 aromatic rings. The summed E-state index contributed by atoms with van der Waals surface area (Å²) in [5, 5.41) is 8.88. The van der Waals surface area contributed by atoms with Crippen LogP contribution in [0.25, 0.3) is 10.9 Å². The molecule has 0 saturated heterocycles. The Bertz CT molecular complexity index is 655. The van der Waals surface area contributed by atoms with Crippen molar-refractivity contribution >= 4 is 26.6 Å². The molecular weight excluding hydrogens is 252 g/mol. The first-order chi connectivity index (χ1) is 8.53. The van der Waals surface area contributed by atoms with Gasteiger partial charge in [-0.1, -0.05) is 18.2 Å². The van der Waals surface area contributed by atoms with Gasteiger partial charge in [0.25, 0.3) is 0 Å². The van der Waals surface area contributed by atoms with Gasteiger partial charge in [-0.05, 0) is 19.1 Å². The lowest BCUT2D eigenvalue weighted by molar-refractivity contribution is 0.296. The Morgan fingerprint density at radius 1 is 1.39 bits per heavy atom. The van der Waals surface area contributed by atoms with Gasteiger partial charge < -0.3 is 5.11 Å². The number of nitrogens with zero attached hydrogens (tertiary/aromatic N) is 1. The fraction of sp³-hybridized carbons (Fsp3) is 0.250. The number of anilines is 1. The third kappa shape index (κ3) is 2.60. The molecular formula is C12H14N2O3S.